The third-order valence-corrected chi connectivity index (χ3v) is 2.32. The Kier molecular flexibility index (Phi) is 3.96. The van der Waals surface area contributed by atoms with Crippen LogP contribution in [0.25, 0.3) is 0 Å². The monoisotopic (exact) mass is 241 g/mol. The van der Waals surface area contributed by atoms with Crippen LogP contribution in [0.5, 0.6) is 0 Å². The first kappa shape index (κ1) is 10.3. The highest BCUT2D eigenvalue weighted by molar-refractivity contribution is 9.09. The summed E-state index contributed by atoms with van der Waals surface area (Å²) >= 11 is 3.38. The molecular weight excluding hydrogens is 230 g/mol. The van der Waals surface area contributed by atoms with Gasteiger partial charge in [0.05, 0.1) is 5.71 Å². The maximum Gasteiger partial charge on any atom is 0.106 e. The molecule has 0 atom stereocenters. The van der Waals surface area contributed by atoms with Gasteiger partial charge in [-0.3, -0.25) is 0 Å². The summed E-state index contributed by atoms with van der Waals surface area (Å²) in [5, 5.41) is 4.64. The summed E-state index contributed by atoms with van der Waals surface area (Å²) in [6.45, 7) is 2.06. The summed E-state index contributed by atoms with van der Waals surface area (Å²) in [6.07, 6.45) is 0. The van der Waals surface area contributed by atoms with Crippen molar-refractivity contribution in [3.63, 3.8) is 0 Å². The molecule has 1 aromatic carbocycles. The van der Waals surface area contributed by atoms with Crippen LogP contribution in [0.2, 0.25) is 0 Å². The van der Waals surface area contributed by atoms with E-state index < -0.39 is 0 Å². The van der Waals surface area contributed by atoms with E-state index in [1.165, 1.54) is 5.56 Å². The molecule has 1 rings (SSSR count). The van der Waals surface area contributed by atoms with E-state index in [0.717, 1.165) is 11.3 Å². The fraction of sp³-hybridized carbons (Fsp3) is 0.300. The van der Waals surface area contributed by atoms with Crippen molar-refractivity contribution in [2.45, 2.75) is 6.92 Å². The van der Waals surface area contributed by atoms with E-state index in [-0.39, 0.29) is 0 Å². The Morgan fingerprint density at radius 2 is 2.15 bits per heavy atom. The SMILES string of the molecule is CO/N=C(\CBr)c1ccccc1C. The van der Waals surface area contributed by atoms with E-state index in [9.17, 15) is 0 Å². The number of halogens is 1. The van der Waals surface area contributed by atoms with Gasteiger partial charge in [0, 0.05) is 10.9 Å². The third-order valence-electron chi connectivity index (χ3n) is 1.78. The van der Waals surface area contributed by atoms with Gasteiger partial charge in [-0.05, 0) is 12.5 Å². The van der Waals surface area contributed by atoms with Crippen LogP contribution >= 0.6 is 15.9 Å². The maximum atomic E-state index is 4.76. The molecule has 0 heterocycles. The van der Waals surface area contributed by atoms with Crippen LogP contribution in [-0.2, 0) is 4.84 Å². The molecule has 0 unspecified atom stereocenters. The van der Waals surface area contributed by atoms with Crippen LogP contribution in [0.15, 0.2) is 29.4 Å². The molecule has 0 bridgehead atoms. The minimum absolute atomic E-state index is 0.700. The molecule has 0 radical (unpaired) electrons. The first-order valence-electron chi connectivity index (χ1n) is 4.01. The summed E-state index contributed by atoms with van der Waals surface area (Å²) < 4.78 is 0. The summed E-state index contributed by atoms with van der Waals surface area (Å²) in [7, 11) is 1.56. The minimum atomic E-state index is 0.700. The zero-order chi connectivity index (χ0) is 9.68. The molecule has 0 spiro atoms. The van der Waals surface area contributed by atoms with E-state index in [1.54, 1.807) is 7.11 Å². The van der Waals surface area contributed by atoms with Gasteiger partial charge in [-0.25, -0.2) is 0 Å². The van der Waals surface area contributed by atoms with Gasteiger partial charge in [0.25, 0.3) is 0 Å². The summed E-state index contributed by atoms with van der Waals surface area (Å²) in [5.41, 5.74) is 3.25. The van der Waals surface area contributed by atoms with Crippen LogP contribution in [0, 0.1) is 6.92 Å². The Balaban J connectivity index is 3.05. The lowest BCUT2D eigenvalue weighted by Crippen LogP contribution is -2.04. The van der Waals surface area contributed by atoms with Gasteiger partial charge in [0.1, 0.15) is 7.11 Å². The van der Waals surface area contributed by atoms with E-state index >= 15 is 0 Å². The number of rotatable bonds is 3. The topological polar surface area (TPSA) is 21.6 Å². The average Bonchev–Trinajstić information content (AvgIpc) is 2.16. The predicted octanol–water partition coefficient (Wildman–Crippen LogP) is 2.74. The number of oxime groups is 1. The molecule has 0 saturated carbocycles. The van der Waals surface area contributed by atoms with Crippen molar-refractivity contribution in [3.8, 4) is 0 Å². The highest BCUT2D eigenvalue weighted by Gasteiger charge is 2.04. The van der Waals surface area contributed by atoms with Crippen molar-refractivity contribution in [1.82, 2.24) is 0 Å². The van der Waals surface area contributed by atoms with Crippen molar-refractivity contribution < 1.29 is 4.84 Å². The van der Waals surface area contributed by atoms with Crippen molar-refractivity contribution in [3.05, 3.63) is 35.4 Å². The summed E-state index contributed by atoms with van der Waals surface area (Å²) in [4.78, 5) is 4.76. The molecule has 70 valence electrons. The van der Waals surface area contributed by atoms with Crippen LogP contribution in [0.4, 0.5) is 0 Å². The lowest BCUT2D eigenvalue weighted by atomic mass is 10.1. The van der Waals surface area contributed by atoms with E-state index in [4.69, 9.17) is 4.84 Å². The van der Waals surface area contributed by atoms with E-state index in [1.807, 2.05) is 18.2 Å². The van der Waals surface area contributed by atoms with Crippen molar-refractivity contribution in [2.24, 2.45) is 5.16 Å². The second-order valence-corrected chi connectivity index (χ2v) is 3.23. The van der Waals surface area contributed by atoms with Gasteiger partial charge in [0.15, 0.2) is 0 Å². The first-order chi connectivity index (χ1) is 6.29. The van der Waals surface area contributed by atoms with Crippen molar-refractivity contribution in [2.75, 3.05) is 12.4 Å². The van der Waals surface area contributed by atoms with E-state index in [0.29, 0.717) is 5.33 Å². The Bertz CT molecular complexity index is 310. The molecule has 3 heteroatoms. The molecule has 0 aromatic heterocycles. The average molecular weight is 242 g/mol. The van der Waals surface area contributed by atoms with Gasteiger partial charge in [0.2, 0.25) is 0 Å². The van der Waals surface area contributed by atoms with Gasteiger partial charge in [-0.15, -0.1) is 0 Å². The van der Waals surface area contributed by atoms with Crippen LogP contribution in [-0.4, -0.2) is 18.2 Å². The second kappa shape index (κ2) is 5.02. The smallest absolute Gasteiger partial charge is 0.106 e. The zero-order valence-corrected chi connectivity index (χ0v) is 9.34. The Morgan fingerprint density at radius 3 is 2.69 bits per heavy atom. The van der Waals surface area contributed by atoms with Crippen LogP contribution in [0.3, 0.4) is 0 Å². The standard InChI is InChI=1S/C10H12BrNO/c1-8-5-3-4-6-9(8)10(7-11)12-13-2/h3-6H,7H2,1-2H3/b12-10+. The lowest BCUT2D eigenvalue weighted by Gasteiger charge is -2.05. The second-order valence-electron chi connectivity index (χ2n) is 2.67. The number of hydrogen-bond acceptors (Lipinski definition) is 2. The number of benzene rings is 1. The van der Waals surface area contributed by atoms with Crippen molar-refractivity contribution >= 4 is 21.6 Å². The number of hydrogen-bond donors (Lipinski definition) is 0. The normalized spacial score (nSPS) is 11.5. The molecule has 13 heavy (non-hydrogen) atoms. The molecule has 1 aromatic rings. The molecule has 0 fully saturated rings. The fourth-order valence-electron chi connectivity index (χ4n) is 1.15. The molecule has 0 aliphatic carbocycles. The number of nitrogens with zero attached hydrogens (tertiary/aromatic N) is 1. The van der Waals surface area contributed by atoms with Gasteiger partial charge in [-0.1, -0.05) is 45.4 Å². The molecule has 0 saturated heterocycles. The lowest BCUT2D eigenvalue weighted by molar-refractivity contribution is 0.213. The number of alkyl halides is 1. The van der Waals surface area contributed by atoms with Crippen molar-refractivity contribution in [1.29, 1.82) is 0 Å². The maximum absolute atomic E-state index is 4.76. The van der Waals surface area contributed by atoms with Gasteiger partial charge >= 0.3 is 0 Å². The summed E-state index contributed by atoms with van der Waals surface area (Å²) in [5.74, 6) is 0. The van der Waals surface area contributed by atoms with Crippen LogP contribution in [0.1, 0.15) is 11.1 Å². The quantitative estimate of drug-likeness (QED) is 0.453. The third kappa shape index (κ3) is 2.56. The molecule has 0 N–H and O–H groups in total. The Hall–Kier alpha value is -0.830. The summed E-state index contributed by atoms with van der Waals surface area (Å²) in [6, 6.07) is 8.10. The molecular formula is C10H12BrNO. The Morgan fingerprint density at radius 1 is 1.46 bits per heavy atom. The highest BCUT2D eigenvalue weighted by atomic mass is 79.9. The van der Waals surface area contributed by atoms with Gasteiger partial charge in [-0.2, -0.15) is 0 Å². The largest absolute Gasteiger partial charge is 0.399 e. The molecule has 2 nitrogen and oxygen atoms in total. The minimum Gasteiger partial charge on any atom is -0.399 e. The highest BCUT2D eigenvalue weighted by Crippen LogP contribution is 2.10. The molecule has 0 aliphatic heterocycles. The predicted molar refractivity (Wildman–Crippen MR) is 58.5 cm³/mol. The molecule has 0 amide bonds. The first-order valence-corrected chi connectivity index (χ1v) is 5.13. The van der Waals surface area contributed by atoms with E-state index in [2.05, 4.69) is 34.1 Å². The fourth-order valence-corrected chi connectivity index (χ4v) is 1.56. The van der Waals surface area contributed by atoms with Crippen LogP contribution < -0.4 is 0 Å². The Labute approximate surface area is 86.7 Å². The zero-order valence-electron chi connectivity index (χ0n) is 7.75. The molecule has 0 aliphatic rings. The van der Waals surface area contributed by atoms with Gasteiger partial charge < -0.3 is 4.84 Å². The number of aryl methyl sites for hydroxylation is 1.